The molecule has 1 N–H and O–H groups in total. The summed E-state index contributed by atoms with van der Waals surface area (Å²) in [7, 11) is 0. The molecule has 1 unspecified atom stereocenters. The molecule has 1 aromatic heterocycles. The van der Waals surface area contributed by atoms with Gasteiger partial charge in [0.05, 0.1) is 11.6 Å². The molecule has 0 fully saturated rings. The van der Waals surface area contributed by atoms with Gasteiger partial charge in [-0.05, 0) is 46.9 Å². The van der Waals surface area contributed by atoms with Gasteiger partial charge in [0.25, 0.3) is 5.91 Å². The summed E-state index contributed by atoms with van der Waals surface area (Å²) < 4.78 is 11.0. The van der Waals surface area contributed by atoms with Crippen LogP contribution in [0.3, 0.4) is 0 Å². The Kier molecular flexibility index (Phi) is 5.54. The van der Waals surface area contributed by atoms with Crippen molar-refractivity contribution in [1.82, 2.24) is 10.3 Å². The molecule has 0 bridgehead atoms. The maximum Gasteiger partial charge on any atom is 0.255 e. The Morgan fingerprint density at radius 1 is 0.906 bits per heavy atom. The summed E-state index contributed by atoms with van der Waals surface area (Å²) in [5.74, 6) is 0.864. The SMILES string of the molecule is O=C(NC(Cc1ccccc1-c1ccccc1)c1cccnc1)c1cccc2c1OCO2. The first kappa shape index (κ1) is 19.8. The molecule has 4 aromatic rings. The van der Waals surface area contributed by atoms with Gasteiger partial charge in [0.15, 0.2) is 11.5 Å². The van der Waals surface area contributed by atoms with Crippen LogP contribution in [0.1, 0.15) is 27.5 Å². The highest BCUT2D eigenvalue weighted by Crippen LogP contribution is 2.36. The number of nitrogens with one attached hydrogen (secondary N) is 1. The number of benzene rings is 3. The lowest BCUT2D eigenvalue weighted by Gasteiger charge is -2.21. The van der Waals surface area contributed by atoms with Crippen LogP contribution in [0.4, 0.5) is 0 Å². The van der Waals surface area contributed by atoms with Crippen LogP contribution in [0.15, 0.2) is 97.3 Å². The third-order valence-corrected chi connectivity index (χ3v) is 5.56. The van der Waals surface area contributed by atoms with Crippen LogP contribution >= 0.6 is 0 Å². The Morgan fingerprint density at radius 2 is 1.75 bits per heavy atom. The van der Waals surface area contributed by atoms with E-state index < -0.39 is 0 Å². The van der Waals surface area contributed by atoms with E-state index in [1.54, 1.807) is 30.6 Å². The molecule has 2 heterocycles. The minimum absolute atomic E-state index is 0.121. The average Bonchev–Trinajstić information content (AvgIpc) is 3.34. The number of hydrogen-bond acceptors (Lipinski definition) is 4. The van der Waals surface area contributed by atoms with Crippen LogP contribution in [0.5, 0.6) is 11.5 Å². The lowest BCUT2D eigenvalue weighted by molar-refractivity contribution is 0.0931. The van der Waals surface area contributed by atoms with Crippen LogP contribution in [0, 0.1) is 0 Å². The van der Waals surface area contributed by atoms with Gasteiger partial charge in [0.2, 0.25) is 6.79 Å². The fourth-order valence-corrected chi connectivity index (χ4v) is 4.00. The van der Waals surface area contributed by atoms with E-state index in [-0.39, 0.29) is 18.7 Å². The molecular weight excluding hydrogens is 400 g/mol. The molecule has 32 heavy (non-hydrogen) atoms. The topological polar surface area (TPSA) is 60.5 Å². The lowest BCUT2D eigenvalue weighted by atomic mass is 9.92. The van der Waals surface area contributed by atoms with Gasteiger partial charge in [-0.25, -0.2) is 0 Å². The zero-order chi connectivity index (χ0) is 21.8. The van der Waals surface area contributed by atoms with Crippen molar-refractivity contribution in [2.45, 2.75) is 12.5 Å². The first-order valence-electron chi connectivity index (χ1n) is 10.5. The summed E-state index contributed by atoms with van der Waals surface area (Å²) in [4.78, 5) is 17.5. The summed E-state index contributed by atoms with van der Waals surface area (Å²) in [5.41, 5.74) is 4.84. The number of amides is 1. The largest absolute Gasteiger partial charge is 0.454 e. The molecule has 1 atom stereocenters. The van der Waals surface area contributed by atoms with E-state index in [4.69, 9.17) is 9.47 Å². The molecule has 5 nitrogen and oxygen atoms in total. The minimum Gasteiger partial charge on any atom is -0.454 e. The molecule has 0 saturated heterocycles. The summed E-state index contributed by atoms with van der Waals surface area (Å²) in [6, 6.07) is 27.5. The van der Waals surface area contributed by atoms with E-state index in [2.05, 4.69) is 34.6 Å². The van der Waals surface area contributed by atoms with Crippen LogP contribution < -0.4 is 14.8 Å². The molecule has 0 aliphatic carbocycles. The Labute approximate surface area is 186 Å². The highest BCUT2D eigenvalue weighted by Gasteiger charge is 2.24. The van der Waals surface area contributed by atoms with Gasteiger partial charge in [-0.1, -0.05) is 66.7 Å². The second kappa shape index (κ2) is 8.94. The molecule has 1 aliphatic heterocycles. The zero-order valence-corrected chi connectivity index (χ0v) is 17.4. The standard InChI is InChI=1S/C27H22N2O3/c30-27(23-13-6-14-25-26(23)32-18-31-25)29-24(21-11-7-15-28-17-21)16-20-10-4-5-12-22(20)19-8-2-1-3-9-19/h1-15,17,24H,16,18H2,(H,29,30). The monoisotopic (exact) mass is 422 g/mol. The van der Waals surface area contributed by atoms with Gasteiger partial charge in [-0.3, -0.25) is 9.78 Å². The van der Waals surface area contributed by atoms with E-state index in [0.29, 0.717) is 23.5 Å². The Bertz CT molecular complexity index is 1230. The Morgan fingerprint density at radius 3 is 2.59 bits per heavy atom. The van der Waals surface area contributed by atoms with Gasteiger partial charge >= 0.3 is 0 Å². The smallest absolute Gasteiger partial charge is 0.255 e. The fraction of sp³-hybridized carbons (Fsp3) is 0.111. The predicted octanol–water partition coefficient (Wildman–Crippen LogP) is 5.19. The first-order valence-corrected chi connectivity index (χ1v) is 10.5. The van der Waals surface area contributed by atoms with Gasteiger partial charge in [0.1, 0.15) is 0 Å². The molecule has 3 aromatic carbocycles. The van der Waals surface area contributed by atoms with Crippen LogP contribution in [0.25, 0.3) is 11.1 Å². The third-order valence-electron chi connectivity index (χ3n) is 5.56. The van der Waals surface area contributed by atoms with Crippen molar-refractivity contribution in [1.29, 1.82) is 0 Å². The molecule has 5 rings (SSSR count). The summed E-state index contributed by atoms with van der Waals surface area (Å²) in [6.07, 6.45) is 4.15. The van der Waals surface area contributed by atoms with E-state index in [9.17, 15) is 4.79 Å². The molecule has 158 valence electrons. The number of carbonyl (C=O) groups excluding carboxylic acids is 1. The van der Waals surface area contributed by atoms with Crippen molar-refractivity contribution in [3.63, 3.8) is 0 Å². The molecule has 0 radical (unpaired) electrons. The maximum absolute atomic E-state index is 13.3. The predicted molar refractivity (Wildman–Crippen MR) is 123 cm³/mol. The molecule has 5 heteroatoms. The van der Waals surface area contributed by atoms with E-state index >= 15 is 0 Å². The van der Waals surface area contributed by atoms with Crippen LogP contribution in [0.2, 0.25) is 0 Å². The average molecular weight is 422 g/mol. The van der Waals surface area contributed by atoms with Crippen molar-refractivity contribution >= 4 is 5.91 Å². The molecular formula is C27H22N2O3. The number of rotatable bonds is 6. The first-order chi connectivity index (χ1) is 15.8. The van der Waals surface area contributed by atoms with Gasteiger partial charge in [-0.2, -0.15) is 0 Å². The van der Waals surface area contributed by atoms with Gasteiger partial charge in [0, 0.05) is 12.4 Å². The minimum atomic E-state index is -0.265. The van der Waals surface area contributed by atoms with Crippen LogP contribution in [-0.4, -0.2) is 17.7 Å². The van der Waals surface area contributed by atoms with E-state index in [1.165, 1.54) is 0 Å². The number of fused-ring (bicyclic) bond motifs is 1. The number of para-hydroxylation sites is 1. The van der Waals surface area contributed by atoms with Crippen molar-refractivity contribution in [2.75, 3.05) is 6.79 Å². The quantitative estimate of drug-likeness (QED) is 0.464. The van der Waals surface area contributed by atoms with Crippen molar-refractivity contribution in [3.05, 3.63) is 114 Å². The highest BCUT2D eigenvalue weighted by atomic mass is 16.7. The Balaban J connectivity index is 1.48. The number of hydrogen-bond donors (Lipinski definition) is 1. The zero-order valence-electron chi connectivity index (χ0n) is 17.4. The van der Waals surface area contributed by atoms with Gasteiger partial charge in [-0.15, -0.1) is 0 Å². The summed E-state index contributed by atoms with van der Waals surface area (Å²) in [6.45, 7) is 0.121. The number of pyridine rings is 1. The van der Waals surface area contributed by atoms with E-state index in [1.807, 2.05) is 42.5 Å². The normalized spacial score (nSPS) is 12.9. The molecule has 1 amide bonds. The Hall–Kier alpha value is -4.12. The van der Waals surface area contributed by atoms with Crippen molar-refractivity contribution in [2.24, 2.45) is 0 Å². The lowest BCUT2D eigenvalue weighted by Crippen LogP contribution is -2.30. The summed E-state index contributed by atoms with van der Waals surface area (Å²) >= 11 is 0. The number of nitrogens with zero attached hydrogens (tertiary/aromatic N) is 1. The number of ether oxygens (including phenoxy) is 2. The number of aromatic nitrogens is 1. The fourth-order valence-electron chi connectivity index (χ4n) is 4.00. The van der Waals surface area contributed by atoms with E-state index in [0.717, 1.165) is 22.3 Å². The number of carbonyl (C=O) groups is 1. The molecule has 0 saturated carbocycles. The van der Waals surface area contributed by atoms with Crippen molar-refractivity contribution in [3.8, 4) is 22.6 Å². The molecule has 1 aliphatic rings. The van der Waals surface area contributed by atoms with Crippen molar-refractivity contribution < 1.29 is 14.3 Å². The maximum atomic E-state index is 13.3. The molecule has 0 spiro atoms. The highest BCUT2D eigenvalue weighted by molar-refractivity contribution is 5.98. The second-order valence-electron chi connectivity index (χ2n) is 7.58. The summed E-state index contributed by atoms with van der Waals surface area (Å²) in [5, 5.41) is 3.19. The van der Waals surface area contributed by atoms with Crippen LogP contribution in [-0.2, 0) is 6.42 Å². The third kappa shape index (κ3) is 4.05. The van der Waals surface area contributed by atoms with Gasteiger partial charge < -0.3 is 14.8 Å². The second-order valence-corrected chi connectivity index (χ2v) is 7.58.